The molecular formula is C17H17NO3S. The fourth-order valence-corrected chi connectivity index (χ4v) is 3.36. The van der Waals surface area contributed by atoms with Crippen molar-refractivity contribution in [1.82, 2.24) is 4.98 Å². The Balaban J connectivity index is 2.01. The molecule has 3 rings (SSSR count). The maximum absolute atomic E-state index is 5.40. The van der Waals surface area contributed by atoms with Crippen LogP contribution in [0.25, 0.3) is 10.9 Å². The minimum Gasteiger partial charge on any atom is -0.493 e. The molecule has 0 aliphatic heterocycles. The van der Waals surface area contributed by atoms with Gasteiger partial charge in [0.05, 0.1) is 21.3 Å². The lowest BCUT2D eigenvalue weighted by atomic mass is 10.2. The molecule has 0 amide bonds. The smallest absolute Gasteiger partial charge is 0.203 e. The number of methoxy groups -OCH3 is 3. The molecule has 0 fully saturated rings. The van der Waals surface area contributed by atoms with Crippen molar-refractivity contribution in [1.29, 1.82) is 0 Å². The van der Waals surface area contributed by atoms with Gasteiger partial charge in [0.1, 0.15) is 0 Å². The van der Waals surface area contributed by atoms with Crippen molar-refractivity contribution in [2.75, 3.05) is 21.3 Å². The summed E-state index contributed by atoms with van der Waals surface area (Å²) >= 11 is 1.66. The second-order valence-corrected chi connectivity index (χ2v) is 5.78. The maximum atomic E-state index is 5.40. The van der Waals surface area contributed by atoms with E-state index in [1.165, 1.54) is 5.39 Å². The minimum atomic E-state index is 0.605. The zero-order valence-corrected chi connectivity index (χ0v) is 13.5. The van der Waals surface area contributed by atoms with Crippen LogP contribution in [0.5, 0.6) is 17.2 Å². The van der Waals surface area contributed by atoms with E-state index in [0.29, 0.717) is 17.2 Å². The van der Waals surface area contributed by atoms with E-state index in [9.17, 15) is 0 Å². The highest BCUT2D eigenvalue weighted by molar-refractivity contribution is 7.99. The van der Waals surface area contributed by atoms with Crippen LogP contribution in [0.15, 0.2) is 52.4 Å². The van der Waals surface area contributed by atoms with Crippen LogP contribution in [-0.4, -0.2) is 26.3 Å². The second kappa shape index (κ2) is 6.23. The lowest BCUT2D eigenvalue weighted by Crippen LogP contribution is -1.95. The third kappa shape index (κ3) is 2.60. The van der Waals surface area contributed by atoms with E-state index in [4.69, 9.17) is 14.2 Å². The van der Waals surface area contributed by atoms with Gasteiger partial charge in [-0.15, -0.1) is 0 Å². The molecule has 4 nitrogen and oxygen atoms in total. The van der Waals surface area contributed by atoms with Crippen LogP contribution in [0.3, 0.4) is 0 Å². The number of ether oxygens (including phenoxy) is 3. The maximum Gasteiger partial charge on any atom is 0.203 e. The van der Waals surface area contributed by atoms with Crippen molar-refractivity contribution >= 4 is 22.7 Å². The Labute approximate surface area is 133 Å². The minimum absolute atomic E-state index is 0.605. The fraction of sp³-hybridized carbons (Fsp3) is 0.176. The van der Waals surface area contributed by atoms with Gasteiger partial charge >= 0.3 is 0 Å². The molecule has 0 spiro atoms. The van der Waals surface area contributed by atoms with Crippen LogP contribution < -0.4 is 14.2 Å². The standard InChI is InChI=1S/C17H17NO3S/c1-19-14-8-11(9-15(20-2)17(14)21-3)22-16-10-18-13-7-5-4-6-12(13)16/h4-10,18H,1-3H3. The third-order valence-electron chi connectivity index (χ3n) is 3.42. The molecule has 0 aliphatic carbocycles. The SMILES string of the molecule is COc1cc(Sc2c[nH]c3ccccc23)cc(OC)c1OC. The number of hydrogen-bond acceptors (Lipinski definition) is 4. The first-order chi connectivity index (χ1) is 10.8. The van der Waals surface area contributed by atoms with Crippen molar-refractivity contribution in [3.63, 3.8) is 0 Å². The topological polar surface area (TPSA) is 43.5 Å². The Morgan fingerprint density at radius 3 is 2.23 bits per heavy atom. The monoisotopic (exact) mass is 315 g/mol. The predicted octanol–water partition coefficient (Wildman–Crippen LogP) is 4.34. The number of benzene rings is 2. The van der Waals surface area contributed by atoms with Crippen molar-refractivity contribution in [3.05, 3.63) is 42.6 Å². The summed E-state index contributed by atoms with van der Waals surface area (Å²) in [4.78, 5) is 5.46. The van der Waals surface area contributed by atoms with E-state index >= 15 is 0 Å². The molecular weight excluding hydrogens is 298 g/mol. The normalized spacial score (nSPS) is 10.7. The molecule has 114 valence electrons. The number of nitrogens with one attached hydrogen (secondary N) is 1. The Morgan fingerprint density at radius 1 is 0.909 bits per heavy atom. The molecule has 1 aromatic heterocycles. The zero-order valence-electron chi connectivity index (χ0n) is 12.7. The van der Waals surface area contributed by atoms with E-state index in [1.807, 2.05) is 30.5 Å². The van der Waals surface area contributed by atoms with Crippen molar-refractivity contribution in [2.45, 2.75) is 9.79 Å². The van der Waals surface area contributed by atoms with E-state index < -0.39 is 0 Å². The van der Waals surface area contributed by atoms with E-state index in [0.717, 1.165) is 15.3 Å². The molecule has 0 saturated heterocycles. The van der Waals surface area contributed by atoms with Gasteiger partial charge in [-0.25, -0.2) is 0 Å². The summed E-state index contributed by atoms with van der Waals surface area (Å²) in [5.41, 5.74) is 1.12. The van der Waals surface area contributed by atoms with E-state index in [-0.39, 0.29) is 0 Å². The van der Waals surface area contributed by atoms with Crippen LogP contribution in [0.1, 0.15) is 0 Å². The Hall–Kier alpha value is -2.27. The van der Waals surface area contributed by atoms with Gasteiger partial charge in [0.25, 0.3) is 0 Å². The summed E-state index contributed by atoms with van der Waals surface area (Å²) in [7, 11) is 4.85. The average Bonchev–Trinajstić information content (AvgIpc) is 2.97. The highest BCUT2D eigenvalue weighted by Gasteiger charge is 2.14. The lowest BCUT2D eigenvalue weighted by Gasteiger charge is -2.13. The number of aromatic amines is 1. The summed E-state index contributed by atoms with van der Waals surface area (Å²) in [5, 5.41) is 1.20. The third-order valence-corrected chi connectivity index (χ3v) is 4.45. The largest absolute Gasteiger partial charge is 0.493 e. The van der Waals surface area contributed by atoms with Gasteiger partial charge in [-0.2, -0.15) is 0 Å². The summed E-state index contributed by atoms with van der Waals surface area (Å²) in [6, 6.07) is 12.1. The molecule has 3 aromatic rings. The highest BCUT2D eigenvalue weighted by Crippen LogP contribution is 2.43. The van der Waals surface area contributed by atoms with Gasteiger partial charge in [-0.1, -0.05) is 30.0 Å². The van der Waals surface area contributed by atoms with Crippen molar-refractivity contribution < 1.29 is 14.2 Å². The zero-order chi connectivity index (χ0) is 15.5. The molecule has 0 saturated carbocycles. The van der Waals surface area contributed by atoms with Crippen LogP contribution in [-0.2, 0) is 0 Å². The quantitative estimate of drug-likeness (QED) is 0.760. The number of para-hydroxylation sites is 1. The van der Waals surface area contributed by atoms with Gasteiger partial charge in [0.15, 0.2) is 11.5 Å². The van der Waals surface area contributed by atoms with Crippen LogP contribution in [0, 0.1) is 0 Å². The Bertz CT molecular complexity index is 772. The lowest BCUT2D eigenvalue weighted by molar-refractivity contribution is 0.323. The fourth-order valence-electron chi connectivity index (χ4n) is 2.37. The molecule has 22 heavy (non-hydrogen) atoms. The van der Waals surface area contributed by atoms with E-state index in [2.05, 4.69) is 17.1 Å². The average molecular weight is 315 g/mol. The van der Waals surface area contributed by atoms with Gasteiger partial charge in [0, 0.05) is 26.9 Å². The van der Waals surface area contributed by atoms with Gasteiger partial charge in [0.2, 0.25) is 5.75 Å². The molecule has 2 aromatic carbocycles. The Kier molecular flexibility index (Phi) is 4.15. The first-order valence-electron chi connectivity index (χ1n) is 6.80. The number of fused-ring (bicyclic) bond motifs is 1. The molecule has 0 bridgehead atoms. The summed E-state index contributed by atoms with van der Waals surface area (Å²) in [5.74, 6) is 1.92. The van der Waals surface area contributed by atoms with Crippen LogP contribution in [0.4, 0.5) is 0 Å². The summed E-state index contributed by atoms with van der Waals surface area (Å²) in [6.07, 6.45) is 2.01. The molecule has 1 heterocycles. The molecule has 0 radical (unpaired) electrons. The van der Waals surface area contributed by atoms with Crippen LogP contribution >= 0.6 is 11.8 Å². The number of aromatic nitrogens is 1. The predicted molar refractivity (Wildman–Crippen MR) is 88.5 cm³/mol. The van der Waals surface area contributed by atoms with Gasteiger partial charge in [-0.3, -0.25) is 0 Å². The molecule has 1 N–H and O–H groups in total. The van der Waals surface area contributed by atoms with E-state index in [1.54, 1.807) is 33.1 Å². The number of rotatable bonds is 5. The second-order valence-electron chi connectivity index (χ2n) is 4.66. The first kappa shape index (κ1) is 14.7. The summed E-state index contributed by atoms with van der Waals surface area (Å²) in [6.45, 7) is 0. The highest BCUT2D eigenvalue weighted by atomic mass is 32.2. The Morgan fingerprint density at radius 2 is 1.59 bits per heavy atom. The summed E-state index contributed by atoms with van der Waals surface area (Å²) < 4.78 is 16.2. The first-order valence-corrected chi connectivity index (χ1v) is 7.62. The van der Waals surface area contributed by atoms with Gasteiger partial charge in [-0.05, 0) is 18.2 Å². The van der Waals surface area contributed by atoms with Crippen molar-refractivity contribution in [3.8, 4) is 17.2 Å². The number of hydrogen-bond donors (Lipinski definition) is 1. The van der Waals surface area contributed by atoms with Crippen LogP contribution in [0.2, 0.25) is 0 Å². The van der Waals surface area contributed by atoms with Crippen molar-refractivity contribution in [2.24, 2.45) is 0 Å². The number of H-pyrrole nitrogens is 1. The molecule has 0 atom stereocenters. The molecule has 5 heteroatoms. The molecule has 0 unspecified atom stereocenters. The van der Waals surface area contributed by atoms with Gasteiger partial charge < -0.3 is 19.2 Å². The molecule has 0 aliphatic rings.